The summed E-state index contributed by atoms with van der Waals surface area (Å²) >= 11 is 1.60. The predicted octanol–water partition coefficient (Wildman–Crippen LogP) is 4.37. The highest BCUT2D eigenvalue weighted by atomic mass is 32.1. The Morgan fingerprint density at radius 3 is 2.92 bits per heavy atom. The van der Waals surface area contributed by atoms with Gasteiger partial charge in [0.2, 0.25) is 5.91 Å². The number of rotatable bonds is 3. The van der Waals surface area contributed by atoms with E-state index in [1.807, 2.05) is 36.4 Å². The summed E-state index contributed by atoms with van der Waals surface area (Å²) in [4.78, 5) is 16.2. The first-order valence-electron chi connectivity index (χ1n) is 7.76. The van der Waals surface area contributed by atoms with E-state index in [0.29, 0.717) is 6.42 Å². The molecular weight excluding hydrogens is 320 g/mol. The third-order valence-corrected chi connectivity index (χ3v) is 5.01. The van der Waals surface area contributed by atoms with Gasteiger partial charge < -0.3 is 10.1 Å². The van der Waals surface area contributed by atoms with E-state index in [0.717, 1.165) is 39.7 Å². The highest BCUT2D eigenvalue weighted by Crippen LogP contribution is 2.35. The highest BCUT2D eigenvalue weighted by Gasteiger charge is 2.16. The molecule has 0 atom stereocenters. The fourth-order valence-electron chi connectivity index (χ4n) is 2.89. The molecule has 0 unspecified atom stereocenters. The number of thiazole rings is 1. The third-order valence-electron chi connectivity index (χ3n) is 4.14. The number of anilines is 1. The third kappa shape index (κ3) is 2.67. The van der Waals surface area contributed by atoms with Gasteiger partial charge in [-0.2, -0.15) is 0 Å². The van der Waals surface area contributed by atoms with Gasteiger partial charge in [0.05, 0.1) is 18.4 Å². The molecule has 0 spiro atoms. The number of aryl methyl sites for hydroxylation is 1. The van der Waals surface area contributed by atoms with Crippen LogP contribution in [0.1, 0.15) is 12.0 Å². The average Bonchev–Trinajstić information content (AvgIpc) is 3.11. The molecule has 1 amide bonds. The van der Waals surface area contributed by atoms with E-state index in [9.17, 15) is 4.79 Å². The number of carbonyl (C=O) groups excluding carboxylic acids is 1. The summed E-state index contributed by atoms with van der Waals surface area (Å²) in [5.41, 5.74) is 5.10. The zero-order valence-corrected chi connectivity index (χ0v) is 14.0. The largest absolute Gasteiger partial charge is 0.496 e. The van der Waals surface area contributed by atoms with Crippen molar-refractivity contribution in [3.63, 3.8) is 0 Å². The first-order valence-corrected chi connectivity index (χ1v) is 8.64. The number of carbonyl (C=O) groups is 1. The summed E-state index contributed by atoms with van der Waals surface area (Å²) in [5.74, 6) is 0.911. The van der Waals surface area contributed by atoms with E-state index in [1.54, 1.807) is 18.4 Å². The lowest BCUT2D eigenvalue weighted by molar-refractivity contribution is -0.116. The van der Waals surface area contributed by atoms with Crippen LogP contribution in [0.15, 0.2) is 47.8 Å². The minimum atomic E-state index is 0.0855. The number of hydrogen-bond acceptors (Lipinski definition) is 4. The maximum Gasteiger partial charge on any atom is 0.224 e. The molecule has 1 aliphatic rings. The van der Waals surface area contributed by atoms with E-state index in [1.165, 1.54) is 5.56 Å². The Morgan fingerprint density at radius 1 is 1.17 bits per heavy atom. The quantitative estimate of drug-likeness (QED) is 0.772. The Kier molecular flexibility index (Phi) is 3.78. The van der Waals surface area contributed by atoms with Gasteiger partial charge in [-0.05, 0) is 36.2 Å². The number of aromatic nitrogens is 1. The summed E-state index contributed by atoms with van der Waals surface area (Å²) in [6.07, 6.45) is 1.32. The van der Waals surface area contributed by atoms with Gasteiger partial charge in [-0.3, -0.25) is 4.79 Å². The van der Waals surface area contributed by atoms with Crippen molar-refractivity contribution in [2.24, 2.45) is 0 Å². The summed E-state index contributed by atoms with van der Waals surface area (Å²) in [7, 11) is 1.67. The second-order valence-corrected chi connectivity index (χ2v) is 6.52. The molecule has 2 aromatic carbocycles. The smallest absolute Gasteiger partial charge is 0.224 e. The van der Waals surface area contributed by atoms with Gasteiger partial charge in [0.1, 0.15) is 10.8 Å². The maximum absolute atomic E-state index is 11.5. The molecule has 5 heteroatoms. The molecular formula is C19H16N2O2S. The van der Waals surface area contributed by atoms with Crippen molar-refractivity contribution in [1.29, 1.82) is 0 Å². The molecule has 0 saturated heterocycles. The van der Waals surface area contributed by atoms with Crippen LogP contribution in [-0.4, -0.2) is 18.0 Å². The molecule has 1 aliphatic heterocycles. The lowest BCUT2D eigenvalue weighted by atomic mass is 9.99. The lowest BCUT2D eigenvalue weighted by Gasteiger charge is -2.17. The van der Waals surface area contributed by atoms with Crippen molar-refractivity contribution < 1.29 is 9.53 Å². The van der Waals surface area contributed by atoms with Crippen LogP contribution in [0.25, 0.3) is 21.8 Å². The molecule has 120 valence electrons. The number of methoxy groups -OCH3 is 1. The van der Waals surface area contributed by atoms with Gasteiger partial charge in [-0.25, -0.2) is 4.98 Å². The van der Waals surface area contributed by atoms with E-state index < -0.39 is 0 Å². The van der Waals surface area contributed by atoms with E-state index in [2.05, 4.69) is 16.8 Å². The summed E-state index contributed by atoms with van der Waals surface area (Å²) in [5, 5.41) is 5.91. The van der Waals surface area contributed by atoms with Crippen molar-refractivity contribution in [2.75, 3.05) is 12.4 Å². The molecule has 1 aromatic heterocycles. The van der Waals surface area contributed by atoms with Crippen molar-refractivity contribution in [3.05, 3.63) is 53.4 Å². The second-order valence-electron chi connectivity index (χ2n) is 5.66. The first-order chi connectivity index (χ1) is 11.7. The zero-order valence-electron chi connectivity index (χ0n) is 13.2. The number of nitrogens with zero attached hydrogens (tertiary/aromatic N) is 1. The minimum absolute atomic E-state index is 0.0855. The molecule has 1 N–H and O–H groups in total. The van der Waals surface area contributed by atoms with E-state index >= 15 is 0 Å². The van der Waals surface area contributed by atoms with Crippen LogP contribution in [-0.2, 0) is 11.2 Å². The van der Waals surface area contributed by atoms with Crippen molar-refractivity contribution in [2.45, 2.75) is 12.8 Å². The van der Waals surface area contributed by atoms with Crippen LogP contribution in [0, 0.1) is 0 Å². The zero-order chi connectivity index (χ0) is 16.5. The highest BCUT2D eigenvalue weighted by molar-refractivity contribution is 7.13. The van der Waals surface area contributed by atoms with Gasteiger partial charge >= 0.3 is 0 Å². The SMILES string of the molecule is COc1ccccc1-c1nc(-c2ccc3c(c2)CCC(=O)N3)cs1. The summed E-state index contributed by atoms with van der Waals surface area (Å²) in [6.45, 7) is 0. The van der Waals surface area contributed by atoms with Crippen LogP contribution in [0.3, 0.4) is 0 Å². The van der Waals surface area contributed by atoms with Crippen LogP contribution in [0.4, 0.5) is 5.69 Å². The Labute approximate surface area is 144 Å². The van der Waals surface area contributed by atoms with Crippen LogP contribution in [0.2, 0.25) is 0 Å². The standard InChI is InChI=1S/C19H16N2O2S/c1-23-17-5-3-2-4-14(17)19-21-16(11-24-19)13-6-8-15-12(10-13)7-9-18(22)20-15/h2-6,8,10-11H,7,9H2,1H3,(H,20,22). The Hall–Kier alpha value is -2.66. The fourth-order valence-corrected chi connectivity index (χ4v) is 3.75. The maximum atomic E-state index is 11.5. The molecule has 0 aliphatic carbocycles. The summed E-state index contributed by atoms with van der Waals surface area (Å²) < 4.78 is 5.43. The Morgan fingerprint density at radius 2 is 2.04 bits per heavy atom. The van der Waals surface area contributed by atoms with Gasteiger partial charge in [0.15, 0.2) is 0 Å². The number of hydrogen-bond donors (Lipinski definition) is 1. The number of benzene rings is 2. The monoisotopic (exact) mass is 336 g/mol. The minimum Gasteiger partial charge on any atom is -0.496 e. The molecule has 4 rings (SSSR count). The van der Waals surface area contributed by atoms with Gasteiger partial charge in [-0.1, -0.05) is 18.2 Å². The number of amides is 1. The Bertz CT molecular complexity index is 917. The molecule has 0 fully saturated rings. The van der Waals surface area contributed by atoms with E-state index in [-0.39, 0.29) is 5.91 Å². The number of para-hydroxylation sites is 1. The van der Waals surface area contributed by atoms with Crippen molar-refractivity contribution in [1.82, 2.24) is 4.98 Å². The average molecular weight is 336 g/mol. The van der Waals surface area contributed by atoms with Crippen molar-refractivity contribution in [3.8, 4) is 27.6 Å². The molecule has 3 aromatic rings. The first kappa shape index (κ1) is 14.9. The molecule has 0 saturated carbocycles. The van der Waals surface area contributed by atoms with E-state index in [4.69, 9.17) is 9.72 Å². The molecule has 0 bridgehead atoms. The van der Waals surface area contributed by atoms with Gasteiger partial charge in [-0.15, -0.1) is 11.3 Å². The van der Waals surface area contributed by atoms with Gasteiger partial charge in [0.25, 0.3) is 0 Å². The van der Waals surface area contributed by atoms with Crippen molar-refractivity contribution >= 4 is 22.9 Å². The number of fused-ring (bicyclic) bond motifs is 1. The normalized spacial score (nSPS) is 13.3. The molecule has 2 heterocycles. The molecule has 0 radical (unpaired) electrons. The lowest BCUT2D eigenvalue weighted by Crippen LogP contribution is -2.18. The van der Waals surface area contributed by atoms with Gasteiger partial charge in [0, 0.05) is 23.1 Å². The molecule has 4 nitrogen and oxygen atoms in total. The second kappa shape index (κ2) is 6.09. The topological polar surface area (TPSA) is 51.2 Å². The fraction of sp³-hybridized carbons (Fsp3) is 0.158. The van der Waals surface area contributed by atoms with Crippen LogP contribution in [0.5, 0.6) is 5.75 Å². The number of nitrogens with one attached hydrogen (secondary N) is 1. The molecule has 24 heavy (non-hydrogen) atoms. The predicted molar refractivity (Wildman–Crippen MR) is 96.5 cm³/mol. The van der Waals surface area contributed by atoms with Crippen LogP contribution < -0.4 is 10.1 Å². The number of ether oxygens (including phenoxy) is 1. The Balaban J connectivity index is 1.69. The summed E-state index contributed by atoms with van der Waals surface area (Å²) in [6, 6.07) is 14.0. The van der Waals surface area contributed by atoms with Crippen LogP contribution >= 0.6 is 11.3 Å².